The lowest BCUT2D eigenvalue weighted by Gasteiger charge is -2.09. The summed E-state index contributed by atoms with van der Waals surface area (Å²) in [6.45, 7) is 5.89. The molecule has 0 amide bonds. The Hall–Kier alpha value is -0.300. The van der Waals surface area contributed by atoms with E-state index in [-0.39, 0.29) is 6.10 Å². The van der Waals surface area contributed by atoms with Gasteiger partial charge in [-0.2, -0.15) is 0 Å². The third-order valence-corrected chi connectivity index (χ3v) is 2.59. The minimum atomic E-state index is -0.0507. The summed E-state index contributed by atoms with van der Waals surface area (Å²) in [6, 6.07) is 0. The Bertz CT molecular complexity index is 120. The van der Waals surface area contributed by atoms with Gasteiger partial charge in [0.2, 0.25) is 0 Å². The zero-order chi connectivity index (χ0) is 10.6. The van der Waals surface area contributed by atoms with Gasteiger partial charge in [0.15, 0.2) is 0 Å². The Balaban J connectivity index is 3.09. The van der Waals surface area contributed by atoms with Crippen molar-refractivity contribution in [1.82, 2.24) is 0 Å². The molecule has 84 valence electrons. The van der Waals surface area contributed by atoms with Crippen LogP contribution in [0.2, 0.25) is 0 Å². The Morgan fingerprint density at radius 3 is 2.29 bits per heavy atom. The number of aliphatic hydroxyl groups excluding tert-OH is 1. The molecule has 0 saturated carbocycles. The molecule has 0 aromatic carbocycles. The minimum Gasteiger partial charge on any atom is -0.393 e. The van der Waals surface area contributed by atoms with Gasteiger partial charge < -0.3 is 5.11 Å². The largest absolute Gasteiger partial charge is 0.393 e. The van der Waals surface area contributed by atoms with Gasteiger partial charge in [0.1, 0.15) is 0 Å². The second-order valence-corrected chi connectivity index (χ2v) is 4.08. The molecule has 0 fully saturated rings. The first kappa shape index (κ1) is 13.7. The summed E-state index contributed by atoms with van der Waals surface area (Å²) in [6.07, 6.45) is 12.3. The zero-order valence-corrected chi connectivity index (χ0v) is 9.67. The van der Waals surface area contributed by atoms with E-state index in [0.29, 0.717) is 0 Å². The van der Waals surface area contributed by atoms with Crippen LogP contribution in [0.25, 0.3) is 0 Å². The summed E-state index contributed by atoms with van der Waals surface area (Å²) in [4.78, 5) is 0. The molecule has 0 aliphatic heterocycles. The van der Waals surface area contributed by atoms with E-state index in [2.05, 4.69) is 13.5 Å². The summed E-state index contributed by atoms with van der Waals surface area (Å²) < 4.78 is 0. The van der Waals surface area contributed by atoms with Crippen molar-refractivity contribution >= 4 is 0 Å². The average Bonchev–Trinajstić information content (AvgIpc) is 2.18. The van der Waals surface area contributed by atoms with Crippen molar-refractivity contribution in [2.75, 3.05) is 0 Å². The maximum absolute atomic E-state index is 9.61. The molecule has 14 heavy (non-hydrogen) atoms. The third-order valence-electron chi connectivity index (χ3n) is 2.59. The number of aliphatic hydroxyl groups is 1. The lowest BCUT2D eigenvalue weighted by Crippen LogP contribution is -2.05. The Morgan fingerprint density at radius 1 is 1.07 bits per heavy atom. The van der Waals surface area contributed by atoms with Gasteiger partial charge in [0.05, 0.1) is 6.10 Å². The van der Waals surface area contributed by atoms with Crippen LogP contribution < -0.4 is 0 Å². The fourth-order valence-electron chi connectivity index (χ4n) is 1.62. The van der Waals surface area contributed by atoms with Crippen LogP contribution in [0.4, 0.5) is 0 Å². The van der Waals surface area contributed by atoms with E-state index < -0.39 is 0 Å². The van der Waals surface area contributed by atoms with Crippen molar-refractivity contribution in [2.45, 2.75) is 70.8 Å². The molecular weight excluding hydrogens is 172 g/mol. The molecule has 0 aliphatic rings. The third kappa shape index (κ3) is 9.79. The first-order chi connectivity index (χ1) is 6.81. The van der Waals surface area contributed by atoms with Crippen LogP contribution in [-0.2, 0) is 0 Å². The SMILES string of the molecule is C=CCCCCC[C@H](O)CCCCC. The van der Waals surface area contributed by atoms with Crippen LogP contribution in [0.3, 0.4) is 0 Å². The maximum atomic E-state index is 9.61. The molecule has 0 radical (unpaired) electrons. The molecule has 0 saturated heterocycles. The van der Waals surface area contributed by atoms with E-state index in [1.165, 1.54) is 38.5 Å². The monoisotopic (exact) mass is 198 g/mol. The molecule has 1 N–H and O–H groups in total. The predicted octanol–water partition coefficient (Wildman–Crippen LogP) is 4.06. The van der Waals surface area contributed by atoms with Crippen LogP contribution in [-0.4, -0.2) is 11.2 Å². The summed E-state index contributed by atoms with van der Waals surface area (Å²) in [5, 5.41) is 9.61. The van der Waals surface area contributed by atoms with Crippen LogP contribution in [0, 0.1) is 0 Å². The highest BCUT2D eigenvalue weighted by Gasteiger charge is 2.02. The Labute approximate surface area is 89.2 Å². The topological polar surface area (TPSA) is 20.2 Å². The van der Waals surface area contributed by atoms with Crippen LogP contribution >= 0.6 is 0 Å². The Kier molecular flexibility index (Phi) is 10.5. The fraction of sp³-hybridized carbons (Fsp3) is 0.846. The predicted molar refractivity (Wildman–Crippen MR) is 63.4 cm³/mol. The van der Waals surface area contributed by atoms with Gasteiger partial charge in [-0.25, -0.2) is 0 Å². The second kappa shape index (κ2) is 10.8. The molecule has 1 heteroatoms. The first-order valence-corrected chi connectivity index (χ1v) is 6.10. The molecule has 1 atom stereocenters. The highest BCUT2D eigenvalue weighted by atomic mass is 16.3. The van der Waals surface area contributed by atoms with E-state index >= 15 is 0 Å². The van der Waals surface area contributed by atoms with Gasteiger partial charge in [-0.3, -0.25) is 0 Å². The van der Waals surface area contributed by atoms with Crippen molar-refractivity contribution in [3.05, 3.63) is 12.7 Å². The van der Waals surface area contributed by atoms with Crippen LogP contribution in [0.15, 0.2) is 12.7 Å². The number of hydrogen-bond donors (Lipinski definition) is 1. The quantitative estimate of drug-likeness (QED) is 0.414. The molecule has 0 bridgehead atoms. The van der Waals surface area contributed by atoms with Gasteiger partial charge in [-0.15, -0.1) is 6.58 Å². The molecule has 1 nitrogen and oxygen atoms in total. The number of rotatable bonds is 10. The average molecular weight is 198 g/mol. The second-order valence-electron chi connectivity index (χ2n) is 4.08. The number of hydrogen-bond acceptors (Lipinski definition) is 1. The van der Waals surface area contributed by atoms with Gasteiger partial charge >= 0.3 is 0 Å². The number of allylic oxidation sites excluding steroid dienone is 1. The van der Waals surface area contributed by atoms with E-state index in [1.54, 1.807) is 0 Å². The normalized spacial score (nSPS) is 12.7. The molecule has 0 aromatic rings. The Morgan fingerprint density at radius 2 is 1.71 bits per heavy atom. The van der Waals surface area contributed by atoms with Crippen molar-refractivity contribution in [3.8, 4) is 0 Å². The van der Waals surface area contributed by atoms with Gasteiger partial charge in [-0.1, -0.05) is 45.1 Å². The molecule has 0 rings (SSSR count). The standard InChI is InChI=1S/C13H26O/c1-3-5-7-8-10-12-13(14)11-9-6-4-2/h3,13-14H,1,4-12H2,2H3/t13-/m1/s1. The zero-order valence-electron chi connectivity index (χ0n) is 9.67. The van der Waals surface area contributed by atoms with Crippen molar-refractivity contribution in [3.63, 3.8) is 0 Å². The van der Waals surface area contributed by atoms with Gasteiger partial charge in [0, 0.05) is 0 Å². The fourth-order valence-corrected chi connectivity index (χ4v) is 1.62. The summed E-state index contributed by atoms with van der Waals surface area (Å²) in [5.41, 5.74) is 0. The van der Waals surface area contributed by atoms with Gasteiger partial charge in [-0.05, 0) is 25.7 Å². The van der Waals surface area contributed by atoms with E-state index in [4.69, 9.17) is 0 Å². The maximum Gasteiger partial charge on any atom is 0.0540 e. The van der Waals surface area contributed by atoms with Crippen molar-refractivity contribution < 1.29 is 5.11 Å². The van der Waals surface area contributed by atoms with Crippen LogP contribution in [0.5, 0.6) is 0 Å². The first-order valence-electron chi connectivity index (χ1n) is 6.10. The van der Waals surface area contributed by atoms with E-state index in [1.807, 2.05) is 6.08 Å². The van der Waals surface area contributed by atoms with Crippen LogP contribution in [0.1, 0.15) is 64.7 Å². The van der Waals surface area contributed by atoms with Crippen molar-refractivity contribution in [1.29, 1.82) is 0 Å². The van der Waals surface area contributed by atoms with Gasteiger partial charge in [0.25, 0.3) is 0 Å². The molecule has 0 aliphatic carbocycles. The highest BCUT2D eigenvalue weighted by molar-refractivity contribution is 4.65. The summed E-state index contributed by atoms with van der Waals surface area (Å²) in [7, 11) is 0. The summed E-state index contributed by atoms with van der Waals surface area (Å²) >= 11 is 0. The van der Waals surface area contributed by atoms with E-state index in [0.717, 1.165) is 19.3 Å². The lowest BCUT2D eigenvalue weighted by molar-refractivity contribution is 0.147. The minimum absolute atomic E-state index is 0.0507. The van der Waals surface area contributed by atoms with E-state index in [9.17, 15) is 5.11 Å². The molecule has 0 aromatic heterocycles. The van der Waals surface area contributed by atoms with Crippen molar-refractivity contribution in [2.24, 2.45) is 0 Å². The summed E-state index contributed by atoms with van der Waals surface area (Å²) in [5.74, 6) is 0. The molecule has 0 heterocycles. The molecule has 0 unspecified atom stereocenters. The smallest absolute Gasteiger partial charge is 0.0540 e. The highest BCUT2D eigenvalue weighted by Crippen LogP contribution is 2.11. The number of unbranched alkanes of at least 4 members (excludes halogenated alkanes) is 5. The lowest BCUT2D eigenvalue weighted by atomic mass is 10.0. The molecular formula is C13H26O. The molecule has 0 spiro atoms.